The summed E-state index contributed by atoms with van der Waals surface area (Å²) in [5, 5.41) is 0. The Balaban J connectivity index is 1.69. The normalized spacial score (nSPS) is 19.3. The minimum atomic E-state index is 0.162. The molecule has 3 nitrogen and oxygen atoms in total. The Bertz CT molecular complexity index is 601. The molecule has 2 fully saturated rings. The summed E-state index contributed by atoms with van der Waals surface area (Å²) in [6.07, 6.45) is 12.3. The van der Waals surface area contributed by atoms with Gasteiger partial charge in [-0.15, -0.1) is 0 Å². The number of halogens is 1. The lowest BCUT2D eigenvalue weighted by Crippen LogP contribution is -2.50. The van der Waals surface area contributed by atoms with Crippen LogP contribution in [0.5, 0.6) is 5.75 Å². The van der Waals surface area contributed by atoms with Gasteiger partial charge in [0, 0.05) is 16.6 Å². The summed E-state index contributed by atoms with van der Waals surface area (Å²) < 4.78 is 7.07. The van der Waals surface area contributed by atoms with Gasteiger partial charge in [0.2, 0.25) is 0 Å². The molecule has 0 unspecified atom stereocenters. The SMILES string of the molecule is Cc1cc(OCC(=O)N(C2CCCCC2)C2CCCCC2)c(C)cc1Br. The van der Waals surface area contributed by atoms with Crippen molar-refractivity contribution in [2.24, 2.45) is 0 Å². The van der Waals surface area contributed by atoms with Gasteiger partial charge in [0.25, 0.3) is 5.91 Å². The summed E-state index contributed by atoms with van der Waals surface area (Å²) in [6.45, 7) is 4.24. The lowest BCUT2D eigenvalue weighted by molar-refractivity contribution is -0.140. The van der Waals surface area contributed by atoms with Crippen LogP contribution in [0.2, 0.25) is 0 Å². The van der Waals surface area contributed by atoms with Gasteiger partial charge in [-0.3, -0.25) is 4.79 Å². The van der Waals surface area contributed by atoms with E-state index < -0.39 is 0 Å². The first-order valence-corrected chi connectivity index (χ1v) is 11.1. The van der Waals surface area contributed by atoms with Crippen molar-refractivity contribution in [3.05, 3.63) is 27.7 Å². The molecule has 2 aliphatic carbocycles. The van der Waals surface area contributed by atoms with Crippen LogP contribution in [0.15, 0.2) is 16.6 Å². The van der Waals surface area contributed by atoms with E-state index in [-0.39, 0.29) is 12.5 Å². The molecule has 2 saturated carbocycles. The second kappa shape index (κ2) is 9.25. The number of amides is 1. The standard InChI is InChI=1S/C22H32BrNO2/c1-16-14-21(17(2)13-20(16)23)26-15-22(25)24(18-9-5-3-6-10-18)19-11-7-4-8-12-19/h13-14,18-19H,3-12,15H2,1-2H3. The van der Waals surface area contributed by atoms with Gasteiger partial charge in [-0.1, -0.05) is 54.5 Å². The first-order chi connectivity index (χ1) is 12.6. The first kappa shape index (κ1) is 19.7. The van der Waals surface area contributed by atoms with Crippen molar-refractivity contribution in [3.63, 3.8) is 0 Å². The van der Waals surface area contributed by atoms with Crippen LogP contribution in [0.4, 0.5) is 0 Å². The summed E-state index contributed by atoms with van der Waals surface area (Å²) in [5.41, 5.74) is 2.20. The number of benzene rings is 1. The van der Waals surface area contributed by atoms with Gasteiger partial charge in [-0.05, 0) is 62.8 Å². The van der Waals surface area contributed by atoms with E-state index in [2.05, 4.69) is 33.8 Å². The Hall–Kier alpha value is -1.03. The molecule has 4 heteroatoms. The Morgan fingerprint density at radius 1 is 0.962 bits per heavy atom. The average Bonchev–Trinajstić information content (AvgIpc) is 2.65. The maximum Gasteiger partial charge on any atom is 0.261 e. The van der Waals surface area contributed by atoms with E-state index >= 15 is 0 Å². The highest BCUT2D eigenvalue weighted by Gasteiger charge is 2.32. The topological polar surface area (TPSA) is 29.5 Å². The van der Waals surface area contributed by atoms with Crippen molar-refractivity contribution in [2.75, 3.05) is 6.61 Å². The predicted molar refractivity (Wildman–Crippen MR) is 110 cm³/mol. The number of hydrogen-bond donors (Lipinski definition) is 0. The van der Waals surface area contributed by atoms with Gasteiger partial charge in [0.05, 0.1) is 0 Å². The Labute approximate surface area is 166 Å². The summed E-state index contributed by atoms with van der Waals surface area (Å²) in [7, 11) is 0. The van der Waals surface area contributed by atoms with E-state index in [4.69, 9.17) is 4.74 Å². The van der Waals surface area contributed by atoms with Crippen LogP contribution in [0.25, 0.3) is 0 Å². The van der Waals surface area contributed by atoms with Crippen LogP contribution in [-0.2, 0) is 4.79 Å². The number of rotatable bonds is 5. The summed E-state index contributed by atoms with van der Waals surface area (Å²) in [5.74, 6) is 1.01. The van der Waals surface area contributed by atoms with Crippen molar-refractivity contribution in [1.29, 1.82) is 0 Å². The summed E-state index contributed by atoms with van der Waals surface area (Å²) in [4.78, 5) is 15.4. The van der Waals surface area contributed by atoms with Crippen LogP contribution < -0.4 is 4.74 Å². The molecule has 0 heterocycles. The molecule has 1 aromatic carbocycles. The molecule has 0 aromatic heterocycles. The van der Waals surface area contributed by atoms with Crippen LogP contribution in [-0.4, -0.2) is 29.5 Å². The van der Waals surface area contributed by atoms with Crippen molar-refractivity contribution in [1.82, 2.24) is 4.90 Å². The minimum absolute atomic E-state index is 0.162. The molecule has 0 bridgehead atoms. The molecule has 0 spiro atoms. The van der Waals surface area contributed by atoms with Crippen molar-refractivity contribution in [3.8, 4) is 5.75 Å². The van der Waals surface area contributed by atoms with Crippen LogP contribution in [0.3, 0.4) is 0 Å². The van der Waals surface area contributed by atoms with Gasteiger partial charge in [-0.2, -0.15) is 0 Å². The molecule has 26 heavy (non-hydrogen) atoms. The van der Waals surface area contributed by atoms with Gasteiger partial charge in [-0.25, -0.2) is 0 Å². The maximum atomic E-state index is 13.2. The third-order valence-corrected chi connectivity index (χ3v) is 6.89. The Kier molecular flexibility index (Phi) is 7.02. The molecule has 0 aliphatic heterocycles. The summed E-state index contributed by atoms with van der Waals surface area (Å²) >= 11 is 3.56. The van der Waals surface area contributed by atoms with E-state index in [1.807, 2.05) is 13.0 Å². The smallest absolute Gasteiger partial charge is 0.261 e. The second-order valence-corrected chi connectivity index (χ2v) is 8.89. The average molecular weight is 422 g/mol. The maximum absolute atomic E-state index is 13.2. The van der Waals surface area contributed by atoms with Gasteiger partial charge >= 0.3 is 0 Å². The van der Waals surface area contributed by atoms with Crippen LogP contribution >= 0.6 is 15.9 Å². The fourth-order valence-corrected chi connectivity index (χ4v) is 5.01. The zero-order valence-corrected chi connectivity index (χ0v) is 17.8. The molecule has 2 aliphatic rings. The fourth-order valence-electron chi connectivity index (χ4n) is 4.55. The Morgan fingerprint density at radius 2 is 1.50 bits per heavy atom. The molecule has 0 atom stereocenters. The van der Waals surface area contributed by atoms with Gasteiger partial charge < -0.3 is 9.64 Å². The number of hydrogen-bond acceptors (Lipinski definition) is 2. The lowest BCUT2D eigenvalue weighted by atomic mass is 9.88. The van der Waals surface area contributed by atoms with E-state index in [1.165, 1.54) is 64.2 Å². The third kappa shape index (κ3) is 4.82. The zero-order valence-electron chi connectivity index (χ0n) is 16.2. The molecule has 1 aromatic rings. The van der Waals surface area contributed by atoms with E-state index in [9.17, 15) is 4.79 Å². The first-order valence-electron chi connectivity index (χ1n) is 10.3. The van der Waals surface area contributed by atoms with Crippen molar-refractivity contribution in [2.45, 2.75) is 90.1 Å². The second-order valence-electron chi connectivity index (χ2n) is 8.04. The fraction of sp³-hybridized carbons (Fsp3) is 0.682. The monoisotopic (exact) mass is 421 g/mol. The summed E-state index contributed by atoms with van der Waals surface area (Å²) in [6, 6.07) is 4.94. The highest BCUT2D eigenvalue weighted by atomic mass is 79.9. The highest BCUT2D eigenvalue weighted by molar-refractivity contribution is 9.10. The number of ether oxygens (including phenoxy) is 1. The molecule has 0 N–H and O–H groups in total. The van der Waals surface area contributed by atoms with Crippen LogP contribution in [0, 0.1) is 13.8 Å². The largest absolute Gasteiger partial charge is 0.483 e. The quantitative estimate of drug-likeness (QED) is 0.588. The Morgan fingerprint density at radius 3 is 2.04 bits per heavy atom. The lowest BCUT2D eigenvalue weighted by Gasteiger charge is -2.41. The van der Waals surface area contributed by atoms with E-state index in [0.717, 1.165) is 21.3 Å². The van der Waals surface area contributed by atoms with Gasteiger partial charge in [0.1, 0.15) is 5.75 Å². The predicted octanol–water partition coefficient (Wildman–Crippen LogP) is 5.94. The molecular weight excluding hydrogens is 390 g/mol. The molecule has 0 saturated heterocycles. The van der Waals surface area contributed by atoms with Crippen molar-refractivity contribution < 1.29 is 9.53 Å². The van der Waals surface area contributed by atoms with Gasteiger partial charge in [0.15, 0.2) is 6.61 Å². The molecule has 144 valence electrons. The number of carbonyl (C=O) groups excluding carboxylic acids is 1. The number of nitrogens with zero attached hydrogens (tertiary/aromatic N) is 1. The molecule has 3 rings (SSSR count). The number of carbonyl (C=O) groups is 1. The van der Waals surface area contributed by atoms with Crippen molar-refractivity contribution >= 4 is 21.8 Å². The van der Waals surface area contributed by atoms with E-state index in [1.54, 1.807) is 0 Å². The van der Waals surface area contributed by atoms with Crippen LogP contribution in [0.1, 0.15) is 75.3 Å². The molecule has 0 radical (unpaired) electrons. The zero-order chi connectivity index (χ0) is 18.5. The minimum Gasteiger partial charge on any atom is -0.483 e. The highest BCUT2D eigenvalue weighted by Crippen LogP contribution is 2.31. The number of aryl methyl sites for hydroxylation is 2. The molecule has 1 amide bonds. The van der Waals surface area contributed by atoms with E-state index in [0.29, 0.717) is 12.1 Å². The third-order valence-electron chi connectivity index (χ3n) is 6.03. The molecular formula is C22H32BrNO2.